The quantitative estimate of drug-likeness (QED) is 0.627. The van der Waals surface area contributed by atoms with Gasteiger partial charge in [0.2, 0.25) is 5.91 Å². The highest BCUT2D eigenvalue weighted by molar-refractivity contribution is 7.12. The summed E-state index contributed by atoms with van der Waals surface area (Å²) >= 11 is 1.35. The standard InChI is InChI=1S/C12H18N2O4S/c1-18-8-9(15)7-14-11(16)4-5-13-12(17)10-3-2-6-19-10/h2-3,6,9,15H,4-5,7-8H2,1H3,(H,13,17)(H,14,16). The van der Waals surface area contributed by atoms with Crippen LogP contribution >= 0.6 is 11.3 Å². The zero-order valence-electron chi connectivity index (χ0n) is 10.7. The highest BCUT2D eigenvalue weighted by Crippen LogP contribution is 2.07. The lowest BCUT2D eigenvalue weighted by Crippen LogP contribution is -2.36. The minimum Gasteiger partial charge on any atom is -0.389 e. The van der Waals surface area contributed by atoms with Gasteiger partial charge in [-0.05, 0) is 11.4 Å². The summed E-state index contributed by atoms with van der Waals surface area (Å²) < 4.78 is 4.73. The Hall–Kier alpha value is -1.44. The number of carbonyl (C=O) groups is 2. The molecule has 0 fully saturated rings. The van der Waals surface area contributed by atoms with Crippen LogP contribution in [-0.2, 0) is 9.53 Å². The zero-order valence-corrected chi connectivity index (χ0v) is 11.5. The lowest BCUT2D eigenvalue weighted by atomic mass is 10.3. The van der Waals surface area contributed by atoms with E-state index in [9.17, 15) is 14.7 Å². The molecule has 106 valence electrons. The van der Waals surface area contributed by atoms with Gasteiger partial charge in [0, 0.05) is 26.6 Å². The molecule has 3 N–H and O–H groups in total. The predicted molar refractivity (Wildman–Crippen MR) is 72.2 cm³/mol. The van der Waals surface area contributed by atoms with Crippen LogP contribution in [0.2, 0.25) is 0 Å². The van der Waals surface area contributed by atoms with Crippen LogP contribution in [0.5, 0.6) is 0 Å². The van der Waals surface area contributed by atoms with Gasteiger partial charge in [-0.2, -0.15) is 0 Å². The molecule has 0 saturated heterocycles. The van der Waals surface area contributed by atoms with Crippen molar-refractivity contribution in [3.63, 3.8) is 0 Å². The Morgan fingerprint density at radius 2 is 2.26 bits per heavy atom. The smallest absolute Gasteiger partial charge is 0.261 e. The zero-order chi connectivity index (χ0) is 14.1. The topological polar surface area (TPSA) is 87.7 Å². The predicted octanol–water partition coefficient (Wildman–Crippen LogP) is -0.00850. The first-order valence-corrected chi connectivity index (χ1v) is 6.77. The van der Waals surface area contributed by atoms with Crippen molar-refractivity contribution in [3.8, 4) is 0 Å². The highest BCUT2D eigenvalue weighted by Gasteiger charge is 2.08. The molecule has 0 aliphatic heterocycles. The molecule has 1 rings (SSSR count). The molecular weight excluding hydrogens is 268 g/mol. The molecule has 0 radical (unpaired) electrons. The molecule has 0 aliphatic carbocycles. The largest absolute Gasteiger partial charge is 0.389 e. The Morgan fingerprint density at radius 1 is 1.47 bits per heavy atom. The van der Waals surface area contributed by atoms with Gasteiger partial charge in [0.1, 0.15) is 0 Å². The van der Waals surface area contributed by atoms with Crippen molar-refractivity contribution in [1.29, 1.82) is 0 Å². The average Bonchev–Trinajstić information content (AvgIpc) is 2.90. The second-order valence-corrected chi connectivity index (χ2v) is 4.84. The number of ether oxygens (including phenoxy) is 1. The number of rotatable bonds is 8. The molecule has 19 heavy (non-hydrogen) atoms. The van der Waals surface area contributed by atoms with Crippen molar-refractivity contribution < 1.29 is 19.4 Å². The number of amides is 2. The van der Waals surface area contributed by atoms with Crippen LogP contribution in [-0.4, -0.2) is 49.8 Å². The van der Waals surface area contributed by atoms with Crippen LogP contribution < -0.4 is 10.6 Å². The van der Waals surface area contributed by atoms with Gasteiger partial charge in [0.25, 0.3) is 5.91 Å². The van der Waals surface area contributed by atoms with E-state index >= 15 is 0 Å². The first-order chi connectivity index (χ1) is 9.13. The number of nitrogens with one attached hydrogen (secondary N) is 2. The molecule has 1 aromatic rings. The molecule has 0 bridgehead atoms. The molecule has 0 aromatic carbocycles. The summed E-state index contributed by atoms with van der Waals surface area (Å²) in [6.07, 6.45) is -0.536. The van der Waals surface area contributed by atoms with Crippen LogP contribution in [0.25, 0.3) is 0 Å². The maximum absolute atomic E-state index is 11.5. The van der Waals surface area contributed by atoms with Crippen LogP contribution in [0, 0.1) is 0 Å². The van der Waals surface area contributed by atoms with Gasteiger partial charge in [0.05, 0.1) is 17.6 Å². The molecule has 2 amide bonds. The molecule has 1 atom stereocenters. The number of thiophene rings is 1. The van der Waals surface area contributed by atoms with E-state index in [1.165, 1.54) is 18.4 Å². The lowest BCUT2D eigenvalue weighted by molar-refractivity contribution is -0.121. The molecule has 0 saturated carbocycles. The van der Waals surface area contributed by atoms with E-state index in [0.29, 0.717) is 4.88 Å². The van der Waals surface area contributed by atoms with Gasteiger partial charge in [-0.1, -0.05) is 6.07 Å². The van der Waals surface area contributed by atoms with E-state index in [4.69, 9.17) is 4.74 Å². The van der Waals surface area contributed by atoms with Gasteiger partial charge in [0.15, 0.2) is 0 Å². The van der Waals surface area contributed by atoms with E-state index < -0.39 is 6.10 Å². The highest BCUT2D eigenvalue weighted by atomic mass is 32.1. The molecule has 6 nitrogen and oxygen atoms in total. The SMILES string of the molecule is COCC(O)CNC(=O)CCNC(=O)c1cccs1. The summed E-state index contributed by atoms with van der Waals surface area (Å²) in [5, 5.41) is 16.4. The van der Waals surface area contributed by atoms with Gasteiger partial charge in [-0.25, -0.2) is 0 Å². The summed E-state index contributed by atoms with van der Waals surface area (Å²) in [4.78, 5) is 23.6. The summed E-state index contributed by atoms with van der Waals surface area (Å²) in [5.41, 5.74) is 0. The fourth-order valence-corrected chi connectivity index (χ4v) is 2.00. The van der Waals surface area contributed by atoms with Crippen molar-refractivity contribution in [2.75, 3.05) is 26.8 Å². The fraction of sp³-hybridized carbons (Fsp3) is 0.500. The van der Waals surface area contributed by atoms with Crippen molar-refractivity contribution in [3.05, 3.63) is 22.4 Å². The summed E-state index contributed by atoms with van der Waals surface area (Å²) in [7, 11) is 1.48. The van der Waals surface area contributed by atoms with Crippen molar-refractivity contribution >= 4 is 23.2 Å². The Kier molecular flexibility index (Phi) is 7.09. The number of aliphatic hydroxyl groups is 1. The second-order valence-electron chi connectivity index (χ2n) is 3.90. The van der Waals surface area contributed by atoms with Gasteiger partial charge < -0.3 is 20.5 Å². The first-order valence-electron chi connectivity index (χ1n) is 5.89. The van der Waals surface area contributed by atoms with E-state index in [2.05, 4.69) is 10.6 Å². The minimum absolute atomic E-state index is 0.144. The summed E-state index contributed by atoms with van der Waals surface area (Å²) in [6.45, 7) is 0.587. The van der Waals surface area contributed by atoms with Gasteiger partial charge >= 0.3 is 0 Å². The Balaban J connectivity index is 2.12. The van der Waals surface area contributed by atoms with E-state index in [1.54, 1.807) is 12.1 Å². The monoisotopic (exact) mass is 286 g/mol. The minimum atomic E-state index is -0.713. The molecule has 1 heterocycles. The molecular formula is C12H18N2O4S. The molecule has 0 aliphatic rings. The van der Waals surface area contributed by atoms with E-state index in [-0.39, 0.29) is 37.9 Å². The number of aliphatic hydroxyl groups excluding tert-OH is 1. The van der Waals surface area contributed by atoms with E-state index in [0.717, 1.165) is 0 Å². The summed E-state index contributed by atoms with van der Waals surface area (Å²) in [5.74, 6) is -0.399. The van der Waals surface area contributed by atoms with Crippen LogP contribution in [0.15, 0.2) is 17.5 Å². The number of carbonyl (C=O) groups excluding carboxylic acids is 2. The lowest BCUT2D eigenvalue weighted by Gasteiger charge is -2.10. The Bertz CT molecular complexity index is 394. The number of methoxy groups -OCH3 is 1. The van der Waals surface area contributed by atoms with Crippen LogP contribution in [0.1, 0.15) is 16.1 Å². The third-order valence-electron chi connectivity index (χ3n) is 2.28. The van der Waals surface area contributed by atoms with Crippen molar-refractivity contribution in [1.82, 2.24) is 10.6 Å². The molecule has 1 aromatic heterocycles. The third-order valence-corrected chi connectivity index (χ3v) is 3.15. The molecule has 0 spiro atoms. The van der Waals surface area contributed by atoms with Gasteiger partial charge in [-0.15, -0.1) is 11.3 Å². The maximum Gasteiger partial charge on any atom is 0.261 e. The fourth-order valence-electron chi connectivity index (χ4n) is 1.36. The Morgan fingerprint density at radius 3 is 2.89 bits per heavy atom. The second kappa shape index (κ2) is 8.63. The Labute approximate surface area is 115 Å². The van der Waals surface area contributed by atoms with E-state index in [1.807, 2.05) is 5.38 Å². The van der Waals surface area contributed by atoms with Crippen LogP contribution in [0.3, 0.4) is 0 Å². The maximum atomic E-state index is 11.5. The molecule has 7 heteroatoms. The number of hydrogen-bond donors (Lipinski definition) is 3. The summed E-state index contributed by atoms with van der Waals surface area (Å²) in [6, 6.07) is 3.52. The molecule has 1 unspecified atom stereocenters. The van der Waals surface area contributed by atoms with Crippen LogP contribution in [0.4, 0.5) is 0 Å². The average molecular weight is 286 g/mol. The van der Waals surface area contributed by atoms with Crippen molar-refractivity contribution in [2.24, 2.45) is 0 Å². The third kappa shape index (κ3) is 6.32. The van der Waals surface area contributed by atoms with Gasteiger partial charge in [-0.3, -0.25) is 9.59 Å². The normalized spacial score (nSPS) is 11.9. The van der Waals surface area contributed by atoms with Crippen molar-refractivity contribution in [2.45, 2.75) is 12.5 Å². The number of hydrogen-bond acceptors (Lipinski definition) is 5. The first kappa shape index (κ1) is 15.6.